The summed E-state index contributed by atoms with van der Waals surface area (Å²) in [6.07, 6.45) is -4.49. The van der Waals surface area contributed by atoms with Crippen molar-refractivity contribution in [3.63, 3.8) is 0 Å². The lowest BCUT2D eigenvalue weighted by Crippen LogP contribution is -2.27. The third-order valence-electron chi connectivity index (χ3n) is 6.02. The van der Waals surface area contributed by atoms with Crippen molar-refractivity contribution in [3.8, 4) is 17.0 Å². The maximum Gasteiger partial charge on any atom is 0.389 e. The molecule has 0 aliphatic rings. The van der Waals surface area contributed by atoms with Crippen LogP contribution in [0.4, 0.5) is 13.2 Å². The van der Waals surface area contributed by atoms with Crippen LogP contribution < -0.4 is 4.74 Å². The van der Waals surface area contributed by atoms with Crippen LogP contribution >= 0.6 is 0 Å². The van der Waals surface area contributed by atoms with Gasteiger partial charge in [0.05, 0.1) is 31.1 Å². The summed E-state index contributed by atoms with van der Waals surface area (Å²) in [4.78, 5) is 11.8. The molecule has 196 valence electrons. The summed E-state index contributed by atoms with van der Waals surface area (Å²) >= 11 is 0. The van der Waals surface area contributed by atoms with E-state index in [0.717, 1.165) is 35.1 Å². The van der Waals surface area contributed by atoms with Crippen molar-refractivity contribution >= 4 is 16.9 Å². The Morgan fingerprint density at radius 3 is 2.25 bits per heavy atom. The van der Waals surface area contributed by atoms with Crippen molar-refractivity contribution in [1.82, 2.24) is 4.57 Å². The molecule has 3 rings (SSSR count). The standard InChI is InChI=1S/C29H36F3NO3/c1-6-21-7-9-23(10-8-21)26-13-24-11-12-25(14-27(24)33(26)16-19(2)3)35-17-22(15-29(30,31)32)18-36-28(34)20(4)5/h7-14,19-20,22H,6,15-18H2,1-5H3. The van der Waals surface area contributed by atoms with Crippen LogP contribution in [0.25, 0.3) is 22.2 Å². The quantitative estimate of drug-likeness (QED) is 0.252. The molecule has 3 aromatic rings. The van der Waals surface area contributed by atoms with E-state index in [1.54, 1.807) is 19.9 Å². The largest absolute Gasteiger partial charge is 0.493 e. The third kappa shape index (κ3) is 7.52. The number of aromatic nitrogens is 1. The molecule has 1 aromatic heterocycles. The number of hydrogen-bond acceptors (Lipinski definition) is 3. The summed E-state index contributed by atoms with van der Waals surface area (Å²) in [6, 6.07) is 16.2. The number of fused-ring (bicyclic) bond motifs is 1. The van der Waals surface area contributed by atoms with E-state index in [4.69, 9.17) is 9.47 Å². The van der Waals surface area contributed by atoms with Gasteiger partial charge in [-0.3, -0.25) is 4.79 Å². The van der Waals surface area contributed by atoms with Gasteiger partial charge in [-0.25, -0.2) is 0 Å². The van der Waals surface area contributed by atoms with Crippen molar-refractivity contribution in [2.24, 2.45) is 17.8 Å². The van der Waals surface area contributed by atoms with Gasteiger partial charge in [0, 0.05) is 29.6 Å². The number of alkyl halides is 3. The lowest BCUT2D eigenvalue weighted by atomic mass is 10.1. The average molecular weight is 504 g/mol. The minimum Gasteiger partial charge on any atom is -0.493 e. The molecule has 0 amide bonds. The Labute approximate surface area is 211 Å². The lowest BCUT2D eigenvalue weighted by Gasteiger charge is -2.20. The van der Waals surface area contributed by atoms with Crippen molar-refractivity contribution in [3.05, 3.63) is 54.1 Å². The van der Waals surface area contributed by atoms with Crippen LogP contribution in [0.15, 0.2) is 48.5 Å². The number of halogens is 3. The van der Waals surface area contributed by atoms with E-state index < -0.39 is 30.4 Å². The predicted octanol–water partition coefficient (Wildman–Crippen LogP) is 7.67. The third-order valence-corrected chi connectivity index (χ3v) is 6.02. The van der Waals surface area contributed by atoms with Crippen LogP contribution in [0.3, 0.4) is 0 Å². The monoisotopic (exact) mass is 503 g/mol. The van der Waals surface area contributed by atoms with E-state index >= 15 is 0 Å². The lowest BCUT2D eigenvalue weighted by molar-refractivity contribution is -0.162. The summed E-state index contributed by atoms with van der Waals surface area (Å²) < 4.78 is 52.5. The minimum atomic E-state index is -4.38. The number of ether oxygens (including phenoxy) is 2. The van der Waals surface area contributed by atoms with Gasteiger partial charge in [0.1, 0.15) is 5.75 Å². The van der Waals surface area contributed by atoms with E-state index in [1.165, 1.54) is 5.56 Å². The van der Waals surface area contributed by atoms with E-state index in [2.05, 4.69) is 55.7 Å². The second-order valence-corrected chi connectivity index (χ2v) is 10.1. The number of esters is 1. The highest BCUT2D eigenvalue weighted by molar-refractivity contribution is 5.88. The van der Waals surface area contributed by atoms with E-state index in [0.29, 0.717) is 11.7 Å². The molecule has 1 heterocycles. The van der Waals surface area contributed by atoms with Gasteiger partial charge in [-0.15, -0.1) is 0 Å². The Morgan fingerprint density at radius 1 is 0.972 bits per heavy atom. The van der Waals surface area contributed by atoms with Crippen molar-refractivity contribution in [2.45, 2.75) is 60.2 Å². The van der Waals surface area contributed by atoms with Crippen molar-refractivity contribution in [2.75, 3.05) is 13.2 Å². The summed E-state index contributed by atoms with van der Waals surface area (Å²) in [6.45, 7) is 9.97. The van der Waals surface area contributed by atoms with Gasteiger partial charge in [0.25, 0.3) is 0 Å². The molecule has 0 N–H and O–H groups in total. The smallest absolute Gasteiger partial charge is 0.389 e. The Bertz CT molecular complexity index is 1150. The molecule has 1 unspecified atom stereocenters. The Kier molecular flexibility index (Phi) is 9.09. The van der Waals surface area contributed by atoms with Gasteiger partial charge in [0.2, 0.25) is 0 Å². The van der Waals surface area contributed by atoms with Gasteiger partial charge >= 0.3 is 12.1 Å². The Balaban J connectivity index is 1.85. The Hall–Kier alpha value is -2.96. The maximum atomic E-state index is 13.1. The van der Waals surface area contributed by atoms with E-state index in [-0.39, 0.29) is 13.2 Å². The zero-order chi connectivity index (χ0) is 26.5. The number of carbonyl (C=O) groups is 1. The number of carbonyl (C=O) groups excluding carboxylic acids is 1. The molecule has 2 aromatic carbocycles. The first kappa shape index (κ1) is 27.6. The number of rotatable bonds is 11. The molecule has 0 spiro atoms. The molecule has 0 bridgehead atoms. The Morgan fingerprint density at radius 2 is 1.67 bits per heavy atom. The second kappa shape index (κ2) is 11.8. The zero-order valence-corrected chi connectivity index (χ0v) is 21.7. The predicted molar refractivity (Wildman–Crippen MR) is 137 cm³/mol. The number of hydrogen-bond donors (Lipinski definition) is 0. The number of nitrogens with zero attached hydrogens (tertiary/aromatic N) is 1. The molecule has 0 saturated carbocycles. The van der Waals surface area contributed by atoms with Gasteiger partial charge in [-0.1, -0.05) is 58.9 Å². The van der Waals surface area contributed by atoms with Crippen LogP contribution in [-0.2, 0) is 22.5 Å². The van der Waals surface area contributed by atoms with Gasteiger partial charge in [0.15, 0.2) is 0 Å². The fourth-order valence-electron chi connectivity index (χ4n) is 4.11. The maximum absolute atomic E-state index is 13.1. The molecule has 7 heteroatoms. The normalized spacial score (nSPS) is 12.9. The number of benzene rings is 2. The van der Waals surface area contributed by atoms with Crippen LogP contribution in [0, 0.1) is 17.8 Å². The highest BCUT2D eigenvalue weighted by Gasteiger charge is 2.33. The van der Waals surface area contributed by atoms with Crippen LogP contribution in [0.5, 0.6) is 5.75 Å². The van der Waals surface area contributed by atoms with Gasteiger partial charge < -0.3 is 14.0 Å². The van der Waals surface area contributed by atoms with Gasteiger partial charge in [-0.2, -0.15) is 13.2 Å². The molecule has 36 heavy (non-hydrogen) atoms. The highest BCUT2D eigenvalue weighted by atomic mass is 19.4. The minimum absolute atomic E-state index is 0.202. The molecule has 1 atom stereocenters. The van der Waals surface area contributed by atoms with E-state index in [1.807, 2.05) is 12.1 Å². The molecule has 0 radical (unpaired) electrons. The summed E-state index contributed by atoms with van der Waals surface area (Å²) in [7, 11) is 0. The molecule has 4 nitrogen and oxygen atoms in total. The van der Waals surface area contributed by atoms with E-state index in [9.17, 15) is 18.0 Å². The second-order valence-electron chi connectivity index (χ2n) is 10.1. The van der Waals surface area contributed by atoms with Crippen LogP contribution in [0.2, 0.25) is 0 Å². The fourth-order valence-corrected chi connectivity index (χ4v) is 4.11. The van der Waals surface area contributed by atoms with Crippen LogP contribution in [-0.4, -0.2) is 29.9 Å². The van der Waals surface area contributed by atoms with Crippen molar-refractivity contribution < 1.29 is 27.4 Å². The first-order valence-electron chi connectivity index (χ1n) is 12.6. The summed E-state index contributed by atoms with van der Waals surface area (Å²) in [5, 5.41) is 1.04. The molecule has 0 fully saturated rings. The van der Waals surface area contributed by atoms with Crippen molar-refractivity contribution in [1.29, 1.82) is 0 Å². The molecule has 0 aliphatic heterocycles. The average Bonchev–Trinajstić information content (AvgIpc) is 3.16. The first-order chi connectivity index (χ1) is 17.0. The van der Waals surface area contributed by atoms with Crippen LogP contribution in [0.1, 0.15) is 46.6 Å². The van der Waals surface area contributed by atoms with Gasteiger partial charge in [-0.05, 0) is 41.7 Å². The topological polar surface area (TPSA) is 40.5 Å². The SMILES string of the molecule is CCc1ccc(-c2cc3ccc(OCC(COC(=O)C(C)C)CC(F)(F)F)cc3n2CC(C)C)cc1. The fraction of sp³-hybridized carbons (Fsp3) is 0.483. The number of aryl methyl sites for hydroxylation is 1. The molecule has 0 saturated heterocycles. The molecule has 0 aliphatic carbocycles. The highest BCUT2D eigenvalue weighted by Crippen LogP contribution is 2.32. The summed E-state index contributed by atoms with van der Waals surface area (Å²) in [5.41, 5.74) is 4.44. The zero-order valence-electron chi connectivity index (χ0n) is 21.7. The molecular formula is C29H36F3NO3. The first-order valence-corrected chi connectivity index (χ1v) is 12.6. The summed E-state index contributed by atoms with van der Waals surface area (Å²) in [5.74, 6) is -1.03. The molecular weight excluding hydrogens is 467 g/mol.